The van der Waals surface area contributed by atoms with E-state index in [1.165, 1.54) is 10.6 Å². The van der Waals surface area contributed by atoms with Crippen LogP contribution in [-0.2, 0) is 0 Å². The molecule has 106 valence electrons. The van der Waals surface area contributed by atoms with Gasteiger partial charge in [0.25, 0.3) is 11.7 Å². The Morgan fingerprint density at radius 2 is 2.19 bits per heavy atom. The van der Waals surface area contributed by atoms with Crippen molar-refractivity contribution in [2.75, 3.05) is 5.32 Å². The zero-order valence-corrected chi connectivity index (χ0v) is 11.6. The van der Waals surface area contributed by atoms with Crippen molar-refractivity contribution in [3.63, 3.8) is 0 Å². The van der Waals surface area contributed by atoms with Gasteiger partial charge in [0.2, 0.25) is 5.82 Å². The van der Waals surface area contributed by atoms with E-state index in [0.29, 0.717) is 5.78 Å². The summed E-state index contributed by atoms with van der Waals surface area (Å²) in [5.41, 5.74) is 1.01. The zero-order valence-electron chi connectivity index (χ0n) is 10.8. The molecule has 0 aliphatic heterocycles. The fraction of sp³-hybridized carbons (Fsp3) is 0.0833. The van der Waals surface area contributed by atoms with E-state index in [9.17, 15) is 9.59 Å². The monoisotopic (exact) mass is 303 g/mol. The molecule has 9 heteroatoms. The largest absolute Gasteiger partial charge is 0.477 e. The lowest BCUT2D eigenvalue weighted by molar-refractivity contribution is 0.0703. The predicted octanol–water partition coefficient (Wildman–Crippen LogP) is 1.44. The van der Waals surface area contributed by atoms with E-state index in [4.69, 9.17) is 5.11 Å². The Kier molecular flexibility index (Phi) is 3.10. The van der Waals surface area contributed by atoms with Gasteiger partial charge in [-0.1, -0.05) is 0 Å². The first kappa shape index (κ1) is 13.2. The lowest BCUT2D eigenvalue weighted by Crippen LogP contribution is -2.15. The molecule has 21 heavy (non-hydrogen) atoms. The summed E-state index contributed by atoms with van der Waals surface area (Å²) in [6.07, 6.45) is 1.57. The molecule has 0 aromatic carbocycles. The molecule has 0 unspecified atom stereocenters. The van der Waals surface area contributed by atoms with Crippen molar-refractivity contribution in [2.24, 2.45) is 0 Å². The predicted molar refractivity (Wildman–Crippen MR) is 74.8 cm³/mol. The maximum atomic E-state index is 12.1. The van der Waals surface area contributed by atoms with Crippen LogP contribution in [0.5, 0.6) is 0 Å². The third-order valence-corrected chi connectivity index (χ3v) is 3.64. The van der Waals surface area contributed by atoms with Gasteiger partial charge >= 0.3 is 5.97 Å². The van der Waals surface area contributed by atoms with Gasteiger partial charge in [0.15, 0.2) is 0 Å². The number of nitrogens with zero attached hydrogens (tertiary/aromatic N) is 4. The minimum Gasteiger partial charge on any atom is -0.477 e. The van der Waals surface area contributed by atoms with Gasteiger partial charge in [-0.15, -0.1) is 16.4 Å². The Bertz CT molecular complexity index is 854. The van der Waals surface area contributed by atoms with E-state index >= 15 is 0 Å². The number of hydrogen-bond acceptors (Lipinski definition) is 6. The van der Waals surface area contributed by atoms with Crippen LogP contribution in [0, 0.1) is 6.92 Å². The number of rotatable bonds is 3. The van der Waals surface area contributed by atoms with Gasteiger partial charge in [0.1, 0.15) is 4.88 Å². The van der Waals surface area contributed by atoms with Gasteiger partial charge in [-0.2, -0.15) is 4.98 Å². The molecule has 0 fully saturated rings. The van der Waals surface area contributed by atoms with Crippen molar-refractivity contribution in [1.82, 2.24) is 19.6 Å². The molecule has 0 radical (unpaired) electrons. The molecule has 0 aliphatic rings. The van der Waals surface area contributed by atoms with Gasteiger partial charge in [0.05, 0.1) is 5.69 Å². The molecule has 8 nitrogen and oxygen atoms in total. The Hall–Kier alpha value is -2.81. The summed E-state index contributed by atoms with van der Waals surface area (Å²) in [5.74, 6) is -1.44. The molecule has 0 bridgehead atoms. The summed E-state index contributed by atoms with van der Waals surface area (Å²) in [6, 6.07) is 3.26. The van der Waals surface area contributed by atoms with Crippen LogP contribution in [0.4, 0.5) is 5.69 Å². The van der Waals surface area contributed by atoms with Gasteiger partial charge in [0, 0.05) is 11.9 Å². The van der Waals surface area contributed by atoms with E-state index in [1.807, 2.05) is 6.92 Å². The summed E-state index contributed by atoms with van der Waals surface area (Å²) in [7, 11) is 0. The summed E-state index contributed by atoms with van der Waals surface area (Å²) in [4.78, 5) is 31.2. The third-order valence-electron chi connectivity index (χ3n) is 2.74. The molecule has 3 aromatic heterocycles. The Morgan fingerprint density at radius 3 is 2.90 bits per heavy atom. The highest BCUT2D eigenvalue weighted by Crippen LogP contribution is 2.22. The number of carboxylic acid groups (broad SMARTS) is 1. The molecule has 3 aromatic rings. The first-order chi connectivity index (χ1) is 10.1. The normalized spacial score (nSPS) is 10.7. The molecule has 3 heterocycles. The average molecular weight is 303 g/mol. The van der Waals surface area contributed by atoms with Crippen LogP contribution in [0.25, 0.3) is 5.78 Å². The lowest BCUT2D eigenvalue weighted by atomic mass is 10.3. The van der Waals surface area contributed by atoms with Gasteiger partial charge in [-0.3, -0.25) is 4.79 Å². The van der Waals surface area contributed by atoms with Gasteiger partial charge in [-0.05, 0) is 24.4 Å². The number of aryl methyl sites for hydroxylation is 1. The molecule has 0 atom stereocenters. The van der Waals surface area contributed by atoms with E-state index in [-0.39, 0.29) is 16.4 Å². The van der Waals surface area contributed by atoms with Crippen molar-refractivity contribution < 1.29 is 14.7 Å². The van der Waals surface area contributed by atoms with Gasteiger partial charge in [-0.25, -0.2) is 14.3 Å². The van der Waals surface area contributed by atoms with Gasteiger partial charge < -0.3 is 10.4 Å². The topological polar surface area (TPSA) is 109 Å². The number of anilines is 1. The minimum absolute atomic E-state index is 0.0569. The first-order valence-corrected chi connectivity index (χ1v) is 6.75. The maximum Gasteiger partial charge on any atom is 0.348 e. The van der Waals surface area contributed by atoms with E-state index in [2.05, 4.69) is 20.4 Å². The number of carboxylic acids is 1. The molecule has 0 spiro atoms. The quantitative estimate of drug-likeness (QED) is 0.757. The van der Waals surface area contributed by atoms with Crippen molar-refractivity contribution in [2.45, 2.75) is 6.92 Å². The molecule has 1 amide bonds. The number of thiophene rings is 1. The second-order valence-electron chi connectivity index (χ2n) is 4.16. The fourth-order valence-corrected chi connectivity index (χ4v) is 2.44. The lowest BCUT2D eigenvalue weighted by Gasteiger charge is -2.00. The molecule has 0 aliphatic carbocycles. The highest BCUT2D eigenvalue weighted by molar-refractivity contribution is 7.12. The molecule has 0 saturated heterocycles. The second kappa shape index (κ2) is 4.94. The van der Waals surface area contributed by atoms with E-state index in [0.717, 1.165) is 17.0 Å². The number of hydrogen-bond donors (Lipinski definition) is 2. The SMILES string of the molecule is Cc1ccnc2nc(C(=O)Nc3ccsc3C(=O)O)nn12. The highest BCUT2D eigenvalue weighted by Gasteiger charge is 2.18. The zero-order chi connectivity index (χ0) is 15.0. The number of fused-ring (bicyclic) bond motifs is 1. The number of carbonyl (C=O) groups is 2. The summed E-state index contributed by atoms with van der Waals surface area (Å²) < 4.78 is 1.45. The van der Waals surface area contributed by atoms with E-state index < -0.39 is 11.9 Å². The van der Waals surface area contributed by atoms with Crippen LogP contribution in [0.15, 0.2) is 23.7 Å². The Morgan fingerprint density at radius 1 is 1.38 bits per heavy atom. The molecule has 3 rings (SSSR count). The Labute approximate surface area is 122 Å². The first-order valence-electron chi connectivity index (χ1n) is 5.87. The van der Waals surface area contributed by atoms with Crippen LogP contribution in [0.2, 0.25) is 0 Å². The van der Waals surface area contributed by atoms with Crippen LogP contribution < -0.4 is 5.32 Å². The minimum atomic E-state index is -1.10. The highest BCUT2D eigenvalue weighted by atomic mass is 32.1. The summed E-state index contributed by atoms with van der Waals surface area (Å²) in [5, 5.41) is 17.1. The van der Waals surface area contributed by atoms with Crippen LogP contribution in [0.3, 0.4) is 0 Å². The number of amides is 1. The van der Waals surface area contributed by atoms with Crippen LogP contribution in [0.1, 0.15) is 26.0 Å². The second-order valence-corrected chi connectivity index (χ2v) is 5.07. The van der Waals surface area contributed by atoms with Crippen molar-refractivity contribution >= 4 is 34.7 Å². The summed E-state index contributed by atoms with van der Waals surface area (Å²) in [6.45, 7) is 1.81. The standard InChI is InChI=1S/C12H9N5O3S/c1-6-2-4-13-12-15-9(16-17(6)12)10(18)14-7-3-5-21-8(7)11(19)20/h2-5H,1H3,(H,14,18)(H,19,20). The van der Waals surface area contributed by atoms with Crippen molar-refractivity contribution in [3.8, 4) is 0 Å². The fourth-order valence-electron chi connectivity index (χ4n) is 1.75. The van der Waals surface area contributed by atoms with Crippen LogP contribution >= 0.6 is 11.3 Å². The number of aromatic nitrogens is 4. The summed E-state index contributed by atoms with van der Waals surface area (Å²) >= 11 is 1.03. The van der Waals surface area contributed by atoms with Crippen molar-refractivity contribution in [3.05, 3.63) is 40.1 Å². The smallest absolute Gasteiger partial charge is 0.348 e. The van der Waals surface area contributed by atoms with E-state index in [1.54, 1.807) is 17.6 Å². The molecular formula is C12H9N5O3S. The molecule has 2 N–H and O–H groups in total. The molecular weight excluding hydrogens is 294 g/mol. The van der Waals surface area contributed by atoms with Crippen molar-refractivity contribution in [1.29, 1.82) is 0 Å². The maximum absolute atomic E-state index is 12.1. The number of carbonyl (C=O) groups excluding carboxylic acids is 1. The van der Waals surface area contributed by atoms with Crippen LogP contribution in [-0.4, -0.2) is 36.6 Å². The third kappa shape index (κ3) is 2.34. The average Bonchev–Trinajstić information content (AvgIpc) is 3.05. The Balaban J connectivity index is 1.92. The number of aromatic carboxylic acids is 1. The number of nitrogens with one attached hydrogen (secondary N) is 1. The molecule has 0 saturated carbocycles.